The molecule has 2 amide bonds. The van der Waals surface area contributed by atoms with Gasteiger partial charge in [0, 0.05) is 80.1 Å². The molecule has 3 aromatic rings. The van der Waals surface area contributed by atoms with Crippen LogP contribution in [0.2, 0.25) is 10.0 Å². The minimum absolute atomic E-state index is 0.0771. The lowest BCUT2D eigenvalue weighted by molar-refractivity contribution is -0.120. The number of amides is 2. The Labute approximate surface area is 295 Å². The molecule has 1 aromatic heterocycles. The van der Waals surface area contributed by atoms with Gasteiger partial charge in [0.25, 0.3) is 0 Å². The van der Waals surface area contributed by atoms with Crippen LogP contribution in [0.4, 0.5) is 0 Å². The Morgan fingerprint density at radius 2 is 1.84 bits per heavy atom. The first-order valence-corrected chi connectivity index (χ1v) is 16.8. The van der Waals surface area contributed by atoms with Crippen LogP contribution in [0.1, 0.15) is 30.5 Å². The predicted molar refractivity (Wildman–Crippen MR) is 192 cm³/mol. The molecule has 2 atom stereocenters. The Morgan fingerprint density at radius 1 is 1.06 bits per heavy atom. The van der Waals surface area contributed by atoms with Crippen molar-refractivity contribution >= 4 is 46.9 Å². The highest BCUT2D eigenvalue weighted by atomic mass is 35.5. The maximum absolute atomic E-state index is 11.5. The quantitative estimate of drug-likeness (QED) is 0.0984. The molecule has 49 heavy (non-hydrogen) atoms. The highest BCUT2D eigenvalue weighted by Gasteiger charge is 2.22. The molecule has 258 valence electrons. The summed E-state index contributed by atoms with van der Waals surface area (Å²) in [6.45, 7) is 7.48. The van der Waals surface area contributed by atoms with Crippen LogP contribution in [0.5, 0.6) is 5.88 Å². The van der Waals surface area contributed by atoms with Gasteiger partial charge in [0.1, 0.15) is 5.69 Å². The number of aromatic nitrogens is 2. The molecule has 2 aromatic carbocycles. The maximum atomic E-state index is 11.5. The fourth-order valence-corrected chi connectivity index (χ4v) is 6.28. The molecule has 5 rings (SSSR count). The van der Waals surface area contributed by atoms with Crippen molar-refractivity contribution in [1.29, 1.82) is 0 Å². The second-order valence-electron chi connectivity index (χ2n) is 11.7. The van der Waals surface area contributed by atoms with Crippen LogP contribution in [0.25, 0.3) is 22.4 Å². The van der Waals surface area contributed by atoms with Gasteiger partial charge in [-0.2, -0.15) is 0 Å². The van der Waals surface area contributed by atoms with Gasteiger partial charge in [-0.15, -0.1) is 0 Å². The number of nitrogens with zero attached hydrogens (tertiary/aromatic N) is 4. The van der Waals surface area contributed by atoms with E-state index in [1.165, 1.54) is 7.11 Å². The van der Waals surface area contributed by atoms with Crippen LogP contribution in [0.3, 0.4) is 0 Å². The van der Waals surface area contributed by atoms with Crippen molar-refractivity contribution in [3.63, 3.8) is 0 Å². The minimum atomic E-state index is 0.0771. The van der Waals surface area contributed by atoms with Crippen molar-refractivity contribution in [1.82, 2.24) is 31.2 Å². The van der Waals surface area contributed by atoms with Crippen LogP contribution >= 0.6 is 23.2 Å². The van der Waals surface area contributed by atoms with Crippen LogP contribution < -0.4 is 26.0 Å². The number of carbonyl (C=O) groups excluding carboxylic acids is 2. The molecule has 0 spiro atoms. The lowest BCUT2D eigenvalue weighted by atomic mass is 9.98. The monoisotopic (exact) mass is 706 g/mol. The summed E-state index contributed by atoms with van der Waals surface area (Å²) in [7, 11) is 3.04. The van der Waals surface area contributed by atoms with Gasteiger partial charge in [0.05, 0.1) is 48.4 Å². The summed E-state index contributed by atoms with van der Waals surface area (Å²) in [4.78, 5) is 41.3. The van der Waals surface area contributed by atoms with Gasteiger partial charge in [-0.25, -0.2) is 9.98 Å². The summed E-state index contributed by atoms with van der Waals surface area (Å²) in [5.41, 5.74) is 4.33. The fraction of sp³-hybridized carbons (Fsp3) is 0.371. The third-order valence-corrected chi connectivity index (χ3v) is 9.03. The standard InChI is InChI=1S/C35H40Cl2N8O4/c1-21(48-2)43-28(18-39-13-12-38-15-22-14-32(47)42-16-22)26-8-4-6-24(33(26)36)25-7-5-9-27(34(25)37)29-20-41-30(35(45-29)49-3)19-40-17-23-10-11-31(46)44-23/h4-9,18,20,22-23,38,40H,1,10-17,19H2,2-3H3,(H,42,47)(H,44,46)/b39-18-,43-28+. The molecular formula is C35H40Cl2N8O4. The largest absolute Gasteiger partial charge is 0.481 e. The van der Waals surface area contributed by atoms with Gasteiger partial charge in [-0.3, -0.25) is 19.6 Å². The van der Waals surface area contributed by atoms with Crippen LogP contribution in [-0.4, -0.2) is 86.7 Å². The van der Waals surface area contributed by atoms with E-state index in [0.29, 0.717) is 107 Å². The average Bonchev–Trinajstić information content (AvgIpc) is 3.72. The van der Waals surface area contributed by atoms with E-state index in [9.17, 15) is 9.59 Å². The number of benzene rings is 2. The average molecular weight is 708 g/mol. The number of rotatable bonds is 16. The van der Waals surface area contributed by atoms with Gasteiger partial charge in [0.2, 0.25) is 23.6 Å². The third kappa shape index (κ3) is 9.42. The number of hydrogen-bond acceptors (Lipinski definition) is 10. The molecule has 2 aliphatic rings. The number of halogens is 2. The highest BCUT2D eigenvalue weighted by molar-refractivity contribution is 6.46. The van der Waals surface area contributed by atoms with E-state index >= 15 is 0 Å². The zero-order chi connectivity index (χ0) is 34.8. The SMILES string of the molecule is C=C(/N=C(\C=N/CCNCC1CNC(=O)C1)c1cccc(-c2cccc(-c3cnc(CNCC4CCC(=O)N4)c(OC)n3)c2Cl)c1Cl)OC. The van der Waals surface area contributed by atoms with Crippen molar-refractivity contribution in [2.24, 2.45) is 15.9 Å². The molecule has 0 aliphatic carbocycles. The Bertz CT molecular complexity index is 1750. The van der Waals surface area contributed by atoms with Crippen LogP contribution in [0.15, 0.2) is 65.0 Å². The van der Waals surface area contributed by atoms with Crippen LogP contribution in [-0.2, 0) is 20.9 Å². The van der Waals surface area contributed by atoms with Gasteiger partial charge >= 0.3 is 0 Å². The van der Waals surface area contributed by atoms with Gasteiger partial charge in [0.15, 0.2) is 0 Å². The number of nitrogens with one attached hydrogen (secondary N) is 4. The molecule has 2 fully saturated rings. The minimum Gasteiger partial charge on any atom is -0.481 e. The Morgan fingerprint density at radius 3 is 2.55 bits per heavy atom. The molecule has 14 heteroatoms. The highest BCUT2D eigenvalue weighted by Crippen LogP contribution is 2.40. The van der Waals surface area contributed by atoms with E-state index in [0.717, 1.165) is 13.0 Å². The molecule has 0 saturated carbocycles. The van der Waals surface area contributed by atoms with Crippen molar-refractivity contribution in [3.05, 3.63) is 76.4 Å². The molecule has 3 heterocycles. The van der Waals surface area contributed by atoms with Gasteiger partial charge in [-0.1, -0.05) is 59.6 Å². The Balaban J connectivity index is 1.33. The lowest BCUT2D eigenvalue weighted by Gasteiger charge is -2.15. The first kappa shape index (κ1) is 35.9. The van der Waals surface area contributed by atoms with E-state index in [2.05, 4.69) is 42.8 Å². The predicted octanol–water partition coefficient (Wildman–Crippen LogP) is 4.20. The summed E-state index contributed by atoms with van der Waals surface area (Å²) in [6, 6.07) is 11.4. The molecular weight excluding hydrogens is 667 g/mol. The van der Waals surface area contributed by atoms with E-state index in [1.54, 1.807) is 19.5 Å². The number of methoxy groups -OCH3 is 2. The summed E-state index contributed by atoms with van der Waals surface area (Å²) in [5, 5.41) is 13.3. The number of carbonyl (C=O) groups is 2. The van der Waals surface area contributed by atoms with E-state index in [-0.39, 0.29) is 23.7 Å². The maximum Gasteiger partial charge on any atom is 0.237 e. The van der Waals surface area contributed by atoms with E-state index in [4.69, 9.17) is 37.7 Å². The van der Waals surface area contributed by atoms with Crippen molar-refractivity contribution < 1.29 is 19.1 Å². The fourth-order valence-electron chi connectivity index (χ4n) is 5.63. The second kappa shape index (κ2) is 17.3. The smallest absolute Gasteiger partial charge is 0.237 e. The summed E-state index contributed by atoms with van der Waals surface area (Å²) in [5.74, 6) is 1.04. The second-order valence-corrected chi connectivity index (χ2v) is 12.4. The summed E-state index contributed by atoms with van der Waals surface area (Å²) < 4.78 is 10.8. The van der Waals surface area contributed by atoms with E-state index < -0.39 is 0 Å². The van der Waals surface area contributed by atoms with Crippen LogP contribution in [0, 0.1) is 5.92 Å². The molecule has 4 N–H and O–H groups in total. The zero-order valence-electron chi connectivity index (χ0n) is 27.5. The first-order valence-electron chi connectivity index (χ1n) is 16.0. The zero-order valence-corrected chi connectivity index (χ0v) is 29.0. The molecule has 2 unspecified atom stereocenters. The number of hydrogen-bond donors (Lipinski definition) is 4. The molecule has 0 bridgehead atoms. The normalized spacial score (nSPS) is 17.8. The van der Waals surface area contributed by atoms with Crippen molar-refractivity contribution in [3.8, 4) is 28.3 Å². The van der Waals surface area contributed by atoms with Gasteiger partial charge < -0.3 is 30.7 Å². The number of aliphatic imine (C=N–C) groups is 2. The third-order valence-electron chi connectivity index (χ3n) is 8.22. The van der Waals surface area contributed by atoms with E-state index in [1.807, 2.05) is 36.4 Å². The number of ether oxygens (including phenoxy) is 2. The molecule has 2 aliphatic heterocycles. The van der Waals surface area contributed by atoms with Crippen molar-refractivity contribution in [2.75, 3.05) is 46.9 Å². The lowest BCUT2D eigenvalue weighted by Crippen LogP contribution is -2.35. The first-order chi connectivity index (χ1) is 23.8. The van der Waals surface area contributed by atoms with Crippen molar-refractivity contribution in [2.45, 2.75) is 31.8 Å². The summed E-state index contributed by atoms with van der Waals surface area (Å²) in [6.07, 6.45) is 5.22. The summed E-state index contributed by atoms with van der Waals surface area (Å²) >= 11 is 14.1. The topological polar surface area (TPSA) is 151 Å². The molecule has 0 radical (unpaired) electrons. The Kier molecular flexibility index (Phi) is 12.7. The molecule has 12 nitrogen and oxygen atoms in total. The Hall–Kier alpha value is -4.36. The van der Waals surface area contributed by atoms with Gasteiger partial charge in [-0.05, 0) is 18.9 Å². The molecule has 2 saturated heterocycles.